The number of hydrogen-bond acceptors (Lipinski definition) is 1. The van der Waals surface area contributed by atoms with E-state index in [1.54, 1.807) is 0 Å². The highest BCUT2D eigenvalue weighted by atomic mass is 14.8. The average Bonchev–Trinajstić information content (AvgIpc) is 3.10. The van der Waals surface area contributed by atoms with E-state index in [1.807, 2.05) is 13.2 Å². The van der Waals surface area contributed by atoms with Gasteiger partial charge in [-0.25, -0.2) is 0 Å². The van der Waals surface area contributed by atoms with E-state index < -0.39 is 0 Å². The molecule has 0 unspecified atom stereocenters. The monoisotopic (exact) mass is 303 g/mol. The summed E-state index contributed by atoms with van der Waals surface area (Å²) < 4.78 is 0. The van der Waals surface area contributed by atoms with Gasteiger partial charge < -0.3 is 5.32 Å². The normalized spacial score (nSPS) is 22.7. The van der Waals surface area contributed by atoms with Crippen LogP contribution in [0.5, 0.6) is 0 Å². The lowest BCUT2D eigenvalue weighted by Crippen LogP contribution is -2.06. The molecular formula is C22H25N. The molecular weight excluding hydrogens is 278 g/mol. The fourth-order valence-corrected chi connectivity index (χ4v) is 3.45. The zero-order valence-corrected chi connectivity index (χ0v) is 14.1. The molecule has 118 valence electrons. The van der Waals surface area contributed by atoms with E-state index in [0.29, 0.717) is 0 Å². The van der Waals surface area contributed by atoms with E-state index in [1.165, 1.54) is 39.9 Å². The SMILES string of the molecule is CN/C=C\C=C1/CC=C(C2=CCCC=C2)C(C)=C1C1=CCC=C1. The van der Waals surface area contributed by atoms with Crippen molar-refractivity contribution in [3.63, 3.8) is 0 Å². The summed E-state index contributed by atoms with van der Waals surface area (Å²) in [4.78, 5) is 0. The summed E-state index contributed by atoms with van der Waals surface area (Å²) in [5, 5.41) is 3.06. The van der Waals surface area contributed by atoms with Crippen molar-refractivity contribution in [1.29, 1.82) is 0 Å². The van der Waals surface area contributed by atoms with Gasteiger partial charge in [-0.1, -0.05) is 48.6 Å². The summed E-state index contributed by atoms with van der Waals surface area (Å²) in [6.07, 6.45) is 26.9. The summed E-state index contributed by atoms with van der Waals surface area (Å²) in [5.74, 6) is 0. The van der Waals surface area contributed by atoms with Crippen LogP contribution in [-0.4, -0.2) is 7.05 Å². The number of allylic oxidation sites excluding steroid dienone is 15. The van der Waals surface area contributed by atoms with Gasteiger partial charge in [-0.2, -0.15) is 0 Å². The van der Waals surface area contributed by atoms with E-state index in [9.17, 15) is 0 Å². The molecule has 0 aromatic rings. The maximum absolute atomic E-state index is 3.06. The molecule has 3 aliphatic rings. The van der Waals surface area contributed by atoms with Crippen LogP contribution in [0, 0.1) is 0 Å². The minimum atomic E-state index is 0.992. The first-order chi connectivity index (χ1) is 11.3. The van der Waals surface area contributed by atoms with E-state index in [-0.39, 0.29) is 0 Å². The molecule has 0 aromatic heterocycles. The van der Waals surface area contributed by atoms with Crippen LogP contribution in [0.15, 0.2) is 94.3 Å². The Kier molecular flexibility index (Phi) is 4.97. The molecule has 0 bridgehead atoms. The Hall–Kier alpha value is -2.28. The van der Waals surface area contributed by atoms with Gasteiger partial charge >= 0.3 is 0 Å². The highest BCUT2D eigenvalue weighted by molar-refractivity contribution is 5.67. The minimum absolute atomic E-state index is 0.992. The first-order valence-electron chi connectivity index (χ1n) is 8.50. The molecule has 0 aromatic carbocycles. The van der Waals surface area contributed by atoms with Crippen LogP contribution in [0.3, 0.4) is 0 Å². The first-order valence-corrected chi connectivity index (χ1v) is 8.50. The van der Waals surface area contributed by atoms with Crippen molar-refractivity contribution < 1.29 is 0 Å². The molecule has 0 heterocycles. The third-order valence-corrected chi connectivity index (χ3v) is 4.55. The zero-order chi connectivity index (χ0) is 16.1. The van der Waals surface area contributed by atoms with Crippen LogP contribution in [0.4, 0.5) is 0 Å². The Balaban J connectivity index is 2.02. The fraction of sp³-hybridized carbons (Fsp3) is 0.273. The van der Waals surface area contributed by atoms with Crippen LogP contribution in [0.2, 0.25) is 0 Å². The molecule has 1 nitrogen and oxygen atoms in total. The Morgan fingerprint density at radius 2 is 1.87 bits per heavy atom. The Morgan fingerprint density at radius 3 is 2.57 bits per heavy atom. The third-order valence-electron chi connectivity index (χ3n) is 4.55. The summed E-state index contributed by atoms with van der Waals surface area (Å²) in [5.41, 5.74) is 8.38. The maximum atomic E-state index is 3.06. The van der Waals surface area contributed by atoms with Crippen LogP contribution in [0.1, 0.15) is 32.6 Å². The third kappa shape index (κ3) is 3.39. The second-order valence-corrected chi connectivity index (χ2v) is 6.10. The summed E-state index contributed by atoms with van der Waals surface area (Å²) in [6, 6.07) is 0. The quantitative estimate of drug-likeness (QED) is 0.727. The number of hydrogen-bond donors (Lipinski definition) is 1. The predicted molar refractivity (Wildman–Crippen MR) is 100.0 cm³/mol. The van der Waals surface area contributed by atoms with Gasteiger partial charge in [0, 0.05) is 7.05 Å². The molecule has 0 saturated carbocycles. The van der Waals surface area contributed by atoms with Crippen molar-refractivity contribution in [2.24, 2.45) is 0 Å². The van der Waals surface area contributed by atoms with Gasteiger partial charge in [-0.15, -0.1) is 0 Å². The van der Waals surface area contributed by atoms with Gasteiger partial charge in [0.05, 0.1) is 0 Å². The molecule has 0 saturated heterocycles. The highest BCUT2D eigenvalue weighted by Gasteiger charge is 2.21. The molecule has 3 aliphatic carbocycles. The predicted octanol–water partition coefficient (Wildman–Crippen LogP) is 5.46. The van der Waals surface area contributed by atoms with Gasteiger partial charge in [-0.05, 0) is 78.3 Å². The molecule has 1 N–H and O–H groups in total. The zero-order valence-electron chi connectivity index (χ0n) is 14.1. The lowest BCUT2D eigenvalue weighted by atomic mass is 9.80. The van der Waals surface area contributed by atoms with E-state index in [4.69, 9.17) is 0 Å². The number of nitrogens with one attached hydrogen (secondary N) is 1. The molecule has 0 spiro atoms. The first kappa shape index (κ1) is 15.6. The van der Waals surface area contributed by atoms with Gasteiger partial charge in [0.25, 0.3) is 0 Å². The van der Waals surface area contributed by atoms with Gasteiger partial charge in [0.15, 0.2) is 0 Å². The second kappa shape index (κ2) is 7.32. The van der Waals surface area contributed by atoms with Crippen LogP contribution < -0.4 is 5.32 Å². The number of rotatable bonds is 4. The molecule has 0 fully saturated rings. The Labute approximate surface area is 139 Å². The van der Waals surface area contributed by atoms with Crippen LogP contribution in [0.25, 0.3) is 0 Å². The Bertz CT molecular complexity index is 715. The standard InChI is InChI=1S/C22H25N/c1-17-21(18-9-4-3-5-10-18)15-14-20(13-8-16-23-2)22(17)19-11-6-7-12-19/h4,6,8-13,15-16,23H,3,5,7,14H2,1-2H3/b16-8-,20-13+. The van der Waals surface area contributed by atoms with E-state index in [0.717, 1.165) is 19.3 Å². The van der Waals surface area contributed by atoms with E-state index >= 15 is 0 Å². The smallest absolute Gasteiger partial charge is 0.00277 e. The lowest BCUT2D eigenvalue weighted by molar-refractivity contribution is 1.01. The average molecular weight is 303 g/mol. The van der Waals surface area contributed by atoms with Gasteiger partial charge in [0.1, 0.15) is 0 Å². The molecule has 23 heavy (non-hydrogen) atoms. The topological polar surface area (TPSA) is 12.0 Å². The molecule has 0 aliphatic heterocycles. The Morgan fingerprint density at radius 1 is 1.00 bits per heavy atom. The van der Waals surface area contributed by atoms with Crippen molar-refractivity contribution in [2.75, 3.05) is 7.05 Å². The van der Waals surface area contributed by atoms with E-state index in [2.05, 4.69) is 66.9 Å². The van der Waals surface area contributed by atoms with Crippen molar-refractivity contribution in [3.8, 4) is 0 Å². The summed E-state index contributed by atoms with van der Waals surface area (Å²) in [6.45, 7) is 2.27. The van der Waals surface area contributed by atoms with Crippen LogP contribution >= 0.6 is 0 Å². The minimum Gasteiger partial charge on any atom is -0.394 e. The van der Waals surface area contributed by atoms with Crippen molar-refractivity contribution in [3.05, 3.63) is 94.3 Å². The van der Waals surface area contributed by atoms with Crippen LogP contribution in [-0.2, 0) is 0 Å². The lowest BCUT2D eigenvalue weighted by Gasteiger charge is -2.24. The van der Waals surface area contributed by atoms with Gasteiger partial charge in [0.2, 0.25) is 0 Å². The maximum Gasteiger partial charge on any atom is 0.00277 e. The molecule has 0 amide bonds. The summed E-state index contributed by atoms with van der Waals surface area (Å²) in [7, 11) is 1.93. The molecule has 1 heteroatoms. The molecule has 0 radical (unpaired) electrons. The van der Waals surface area contributed by atoms with Crippen molar-refractivity contribution >= 4 is 0 Å². The molecule has 3 rings (SSSR count). The molecule has 0 atom stereocenters. The second-order valence-electron chi connectivity index (χ2n) is 6.10. The summed E-state index contributed by atoms with van der Waals surface area (Å²) >= 11 is 0. The van der Waals surface area contributed by atoms with Crippen molar-refractivity contribution in [1.82, 2.24) is 5.32 Å². The van der Waals surface area contributed by atoms with Gasteiger partial charge in [-0.3, -0.25) is 0 Å². The fourth-order valence-electron chi connectivity index (χ4n) is 3.45. The highest BCUT2D eigenvalue weighted by Crippen LogP contribution is 2.39. The van der Waals surface area contributed by atoms with Crippen molar-refractivity contribution in [2.45, 2.75) is 32.6 Å². The largest absolute Gasteiger partial charge is 0.394 e.